The predicted molar refractivity (Wildman–Crippen MR) is 147 cm³/mol. The molecule has 0 aromatic rings. The van der Waals surface area contributed by atoms with Gasteiger partial charge in [-0.25, -0.2) is 0 Å². The van der Waals surface area contributed by atoms with Crippen LogP contribution in [-0.2, 0) is 14.3 Å². The van der Waals surface area contributed by atoms with Gasteiger partial charge in [0.1, 0.15) is 0 Å². The minimum Gasteiger partial charge on any atom is -0.385 e. The Labute approximate surface area is 211 Å². The number of carbonyl (C=O) groups excluding carboxylic acids is 1. The molecule has 196 valence electrons. The molecule has 0 heterocycles. The maximum Gasteiger partial charge on any atom is 0.152 e. The first-order chi connectivity index (χ1) is 16.1. The molecule has 0 saturated heterocycles. The lowest BCUT2D eigenvalue weighted by molar-refractivity contribution is -0.112. The van der Waals surface area contributed by atoms with Gasteiger partial charge in [0.05, 0.1) is 6.61 Å². The van der Waals surface area contributed by atoms with Crippen LogP contribution in [0.15, 0.2) is 47.1 Å². The summed E-state index contributed by atoms with van der Waals surface area (Å²) in [5.74, 6) is 0.622. The lowest BCUT2D eigenvalue weighted by atomic mass is 9.72. The van der Waals surface area contributed by atoms with Crippen LogP contribution in [0.1, 0.15) is 86.5 Å². The molecule has 1 aliphatic carbocycles. The van der Waals surface area contributed by atoms with E-state index in [-0.39, 0.29) is 5.78 Å². The second-order valence-corrected chi connectivity index (χ2v) is 10.2. The van der Waals surface area contributed by atoms with Crippen LogP contribution in [-0.4, -0.2) is 46.3 Å². The lowest BCUT2D eigenvalue weighted by Crippen LogP contribution is -2.19. The van der Waals surface area contributed by atoms with Gasteiger partial charge in [-0.2, -0.15) is 0 Å². The van der Waals surface area contributed by atoms with Crippen LogP contribution in [0.3, 0.4) is 0 Å². The van der Waals surface area contributed by atoms with E-state index in [1.54, 1.807) is 25.7 Å². The molecule has 1 aliphatic rings. The fourth-order valence-electron chi connectivity index (χ4n) is 4.09. The van der Waals surface area contributed by atoms with Crippen molar-refractivity contribution < 1.29 is 14.3 Å². The summed E-state index contributed by atoms with van der Waals surface area (Å²) in [7, 11) is 3.67. The van der Waals surface area contributed by atoms with Crippen molar-refractivity contribution >= 4 is 5.78 Å². The van der Waals surface area contributed by atoms with Gasteiger partial charge in [0.25, 0.3) is 0 Å². The molecular formula is C30H53NO3. The Morgan fingerprint density at radius 1 is 1.15 bits per heavy atom. The molecule has 1 atom stereocenters. The number of nitrogens with one attached hydrogen (secondary N) is 1. The van der Waals surface area contributed by atoms with E-state index < -0.39 is 0 Å². The van der Waals surface area contributed by atoms with Crippen LogP contribution >= 0.6 is 0 Å². The Bertz CT molecular complexity index is 661. The molecule has 1 unspecified atom stereocenters. The van der Waals surface area contributed by atoms with Gasteiger partial charge in [-0.3, -0.25) is 4.79 Å². The third-order valence-electron chi connectivity index (χ3n) is 6.09. The summed E-state index contributed by atoms with van der Waals surface area (Å²) in [6.07, 6.45) is 18.9. The van der Waals surface area contributed by atoms with Gasteiger partial charge in [-0.15, -0.1) is 0 Å². The van der Waals surface area contributed by atoms with Gasteiger partial charge in [0.15, 0.2) is 5.78 Å². The zero-order valence-corrected chi connectivity index (χ0v) is 23.5. The van der Waals surface area contributed by atoms with Crippen molar-refractivity contribution in [3.05, 3.63) is 47.1 Å². The third kappa shape index (κ3) is 17.0. The number of methoxy groups -OCH3 is 1. The highest BCUT2D eigenvalue weighted by Gasteiger charge is 2.26. The maximum atomic E-state index is 11.0. The molecule has 0 amide bonds. The quantitative estimate of drug-likeness (QED) is 0.154. The Morgan fingerprint density at radius 3 is 2.47 bits per heavy atom. The van der Waals surface area contributed by atoms with Gasteiger partial charge in [-0.05, 0) is 101 Å². The van der Waals surface area contributed by atoms with Crippen molar-refractivity contribution in [1.82, 2.24) is 5.32 Å². The molecule has 1 rings (SSSR count). The van der Waals surface area contributed by atoms with Gasteiger partial charge in [0, 0.05) is 26.9 Å². The van der Waals surface area contributed by atoms with Crippen molar-refractivity contribution in [3.63, 3.8) is 0 Å². The molecule has 4 nitrogen and oxygen atoms in total. The van der Waals surface area contributed by atoms with E-state index in [9.17, 15) is 4.79 Å². The molecule has 0 spiro atoms. The summed E-state index contributed by atoms with van der Waals surface area (Å²) in [6, 6.07) is 0. The lowest BCUT2D eigenvalue weighted by Gasteiger charge is -2.33. The number of allylic oxidation sites excluding steroid dienone is 8. The number of ketones is 1. The Kier molecular flexibility index (Phi) is 18.9. The number of ether oxygens (including phenoxy) is 2. The zero-order chi connectivity index (χ0) is 25.8. The fraction of sp³-hybridized carbons (Fsp3) is 0.700. The van der Waals surface area contributed by atoms with E-state index in [4.69, 9.17) is 9.47 Å². The summed E-state index contributed by atoms with van der Waals surface area (Å²) >= 11 is 0. The van der Waals surface area contributed by atoms with E-state index in [1.165, 1.54) is 31.3 Å². The fourth-order valence-corrected chi connectivity index (χ4v) is 4.09. The third-order valence-corrected chi connectivity index (χ3v) is 6.09. The van der Waals surface area contributed by atoms with E-state index in [2.05, 4.69) is 51.2 Å². The molecular weight excluding hydrogens is 422 g/mol. The highest BCUT2D eigenvalue weighted by Crippen LogP contribution is 2.40. The maximum absolute atomic E-state index is 11.0. The number of hydrogen-bond donors (Lipinski definition) is 1. The summed E-state index contributed by atoms with van der Waals surface area (Å²) in [4.78, 5) is 11.0. The van der Waals surface area contributed by atoms with Crippen molar-refractivity contribution in [1.29, 1.82) is 0 Å². The van der Waals surface area contributed by atoms with Gasteiger partial charge >= 0.3 is 0 Å². The number of rotatable bonds is 15. The number of likely N-dealkylation sites (N-methyl/N-ethyl adjacent to an activating group) is 1. The summed E-state index contributed by atoms with van der Waals surface area (Å²) in [6.45, 7) is 16.3. The van der Waals surface area contributed by atoms with Crippen molar-refractivity contribution in [2.75, 3.05) is 40.5 Å². The zero-order valence-electron chi connectivity index (χ0n) is 23.5. The van der Waals surface area contributed by atoms with E-state index in [0.717, 1.165) is 51.2 Å². The first kappa shape index (κ1) is 32.5. The van der Waals surface area contributed by atoms with Crippen LogP contribution in [0.5, 0.6) is 0 Å². The van der Waals surface area contributed by atoms with Crippen LogP contribution in [0.2, 0.25) is 0 Å². The molecule has 0 aromatic heterocycles. The van der Waals surface area contributed by atoms with Gasteiger partial charge in [0.2, 0.25) is 0 Å². The molecule has 0 bridgehead atoms. The first-order valence-corrected chi connectivity index (χ1v) is 13.1. The van der Waals surface area contributed by atoms with Gasteiger partial charge < -0.3 is 14.8 Å². The molecule has 0 radical (unpaired) electrons. The highest BCUT2D eigenvalue weighted by molar-refractivity contribution is 5.88. The Hall–Kier alpha value is -1.49. The Morgan fingerprint density at radius 2 is 1.85 bits per heavy atom. The largest absolute Gasteiger partial charge is 0.385 e. The van der Waals surface area contributed by atoms with Gasteiger partial charge in [-0.1, -0.05) is 50.6 Å². The topological polar surface area (TPSA) is 47.6 Å². The second kappa shape index (κ2) is 19.8. The standard InChI is InChI=1S/C21H32O.C9H21NO2/c1-16(9-7-10-17(2)15-19(4)22)12-13-20-18(3)11-8-14-21(20,5)6;1-10-6-9-12-8-5-3-4-7-11-2/h7,10,12-13,15-16H,8-9,11,14H2,1-6H3;10H,3-9H2,1-2H3/b10-7+,13-12+,17-15+;. The number of hydrogen-bond acceptors (Lipinski definition) is 4. The van der Waals surface area contributed by atoms with Crippen LogP contribution < -0.4 is 5.32 Å². The molecule has 0 fully saturated rings. The monoisotopic (exact) mass is 475 g/mol. The van der Waals surface area contributed by atoms with E-state index >= 15 is 0 Å². The molecule has 0 aromatic carbocycles. The van der Waals surface area contributed by atoms with Crippen LogP contribution in [0, 0.1) is 11.3 Å². The van der Waals surface area contributed by atoms with E-state index in [1.807, 2.05) is 20.0 Å². The Balaban J connectivity index is 0.000000770. The minimum atomic E-state index is 0.108. The molecule has 34 heavy (non-hydrogen) atoms. The highest BCUT2D eigenvalue weighted by atomic mass is 16.5. The average Bonchev–Trinajstić information content (AvgIpc) is 2.75. The summed E-state index contributed by atoms with van der Waals surface area (Å²) < 4.78 is 10.3. The minimum absolute atomic E-state index is 0.108. The predicted octanol–water partition coefficient (Wildman–Crippen LogP) is 7.23. The average molecular weight is 476 g/mol. The van der Waals surface area contributed by atoms with Crippen molar-refractivity contribution in [3.8, 4) is 0 Å². The van der Waals surface area contributed by atoms with Crippen LogP contribution in [0.4, 0.5) is 0 Å². The van der Waals surface area contributed by atoms with E-state index in [0.29, 0.717) is 11.3 Å². The van der Waals surface area contributed by atoms with Crippen molar-refractivity contribution in [2.24, 2.45) is 11.3 Å². The SMILES string of the molecule is CC(=O)/C=C(C)/C=C/CC(C)/C=C/C1=C(C)CCCC1(C)C.CNCCOCCCCCOC. The smallest absolute Gasteiger partial charge is 0.152 e. The molecule has 1 N–H and O–H groups in total. The number of unbranched alkanes of at least 4 members (excludes halogenated alkanes) is 2. The second-order valence-electron chi connectivity index (χ2n) is 10.2. The molecule has 0 saturated carbocycles. The summed E-state index contributed by atoms with van der Waals surface area (Å²) in [5.41, 5.74) is 4.42. The summed E-state index contributed by atoms with van der Waals surface area (Å²) in [5, 5.41) is 3.03. The first-order valence-electron chi connectivity index (χ1n) is 13.1. The molecule has 4 heteroatoms. The normalized spacial score (nSPS) is 17.2. The van der Waals surface area contributed by atoms with Crippen LogP contribution in [0.25, 0.3) is 0 Å². The number of carbonyl (C=O) groups is 1. The van der Waals surface area contributed by atoms with Crippen molar-refractivity contribution in [2.45, 2.75) is 86.5 Å². The molecule has 0 aliphatic heterocycles.